The molecule has 0 aliphatic carbocycles. The van der Waals surface area contributed by atoms with Crippen LogP contribution in [0.3, 0.4) is 0 Å². The number of hydrogen-bond acceptors (Lipinski definition) is 4. The van der Waals surface area contributed by atoms with Gasteiger partial charge >= 0.3 is 11.7 Å². The number of nitrogens with one attached hydrogen (secondary N) is 1. The maximum atomic E-state index is 12.8. The van der Waals surface area contributed by atoms with Gasteiger partial charge in [-0.05, 0) is 5.56 Å². The largest absolute Gasteiger partial charge is 0.477 e. The monoisotopic (exact) mass is 350 g/mol. The molecular weight excluding hydrogens is 336 g/mol. The summed E-state index contributed by atoms with van der Waals surface area (Å²) in [6.07, 6.45) is 0. The van der Waals surface area contributed by atoms with E-state index in [0.717, 1.165) is 4.57 Å². The molecule has 0 aliphatic rings. The average Bonchev–Trinajstić information content (AvgIpc) is 2.65. The molecule has 0 bridgehead atoms. The van der Waals surface area contributed by atoms with Gasteiger partial charge in [-0.25, -0.2) is 9.59 Å². The van der Waals surface area contributed by atoms with Crippen LogP contribution in [0.5, 0.6) is 0 Å². The molecule has 130 valence electrons. The summed E-state index contributed by atoms with van der Waals surface area (Å²) in [5, 5.41) is 9.32. The molecule has 0 unspecified atom stereocenters. The summed E-state index contributed by atoms with van der Waals surface area (Å²) in [7, 11) is 0. The van der Waals surface area contributed by atoms with Crippen LogP contribution in [0.4, 0.5) is 0 Å². The van der Waals surface area contributed by atoms with Crippen molar-refractivity contribution in [2.75, 3.05) is 0 Å². The molecule has 0 aliphatic heterocycles. The zero-order chi connectivity index (χ0) is 18.7. The second kappa shape index (κ2) is 7.02. The first-order valence-corrected chi connectivity index (χ1v) is 7.73. The van der Waals surface area contributed by atoms with E-state index in [2.05, 4.69) is 4.98 Å². The average molecular weight is 350 g/mol. The molecule has 26 heavy (non-hydrogen) atoms. The number of aromatic carboxylic acids is 1. The second-order valence-corrected chi connectivity index (χ2v) is 5.56. The SMILES string of the molecule is O=C(O)c1[nH]c(=O)n(Cc2ccccc2)c(=O)c1C(=O)c1ccccc1. The van der Waals surface area contributed by atoms with Gasteiger partial charge in [-0.2, -0.15) is 0 Å². The molecule has 7 nitrogen and oxygen atoms in total. The lowest BCUT2D eigenvalue weighted by atomic mass is 10.0. The van der Waals surface area contributed by atoms with Gasteiger partial charge in [0.05, 0.1) is 6.54 Å². The lowest BCUT2D eigenvalue weighted by Gasteiger charge is -2.10. The molecule has 0 radical (unpaired) electrons. The number of benzene rings is 2. The number of rotatable bonds is 5. The third-order valence-corrected chi connectivity index (χ3v) is 3.85. The van der Waals surface area contributed by atoms with Crippen LogP contribution in [0, 0.1) is 0 Å². The van der Waals surface area contributed by atoms with E-state index in [1.165, 1.54) is 12.1 Å². The molecule has 1 aromatic heterocycles. The first-order chi connectivity index (χ1) is 12.5. The number of carbonyl (C=O) groups excluding carboxylic acids is 1. The Morgan fingerprint density at radius 1 is 0.923 bits per heavy atom. The molecule has 0 fully saturated rings. The van der Waals surface area contributed by atoms with Gasteiger partial charge in [-0.1, -0.05) is 60.7 Å². The Hall–Kier alpha value is -3.74. The highest BCUT2D eigenvalue weighted by molar-refractivity contribution is 6.13. The predicted molar refractivity (Wildman–Crippen MR) is 93.7 cm³/mol. The molecule has 3 aromatic rings. The van der Waals surface area contributed by atoms with Crippen LogP contribution >= 0.6 is 0 Å². The topological polar surface area (TPSA) is 109 Å². The quantitative estimate of drug-likeness (QED) is 0.678. The Morgan fingerprint density at radius 3 is 2.08 bits per heavy atom. The zero-order valence-electron chi connectivity index (χ0n) is 13.5. The van der Waals surface area contributed by atoms with E-state index in [0.29, 0.717) is 5.56 Å². The second-order valence-electron chi connectivity index (χ2n) is 5.56. The molecule has 0 atom stereocenters. The van der Waals surface area contributed by atoms with Crippen molar-refractivity contribution in [2.45, 2.75) is 6.54 Å². The fraction of sp³-hybridized carbons (Fsp3) is 0.0526. The van der Waals surface area contributed by atoms with Crippen molar-refractivity contribution in [3.63, 3.8) is 0 Å². The summed E-state index contributed by atoms with van der Waals surface area (Å²) in [6, 6.07) is 16.5. The molecule has 2 N–H and O–H groups in total. The molecule has 2 aromatic carbocycles. The highest BCUT2D eigenvalue weighted by Crippen LogP contribution is 2.09. The van der Waals surface area contributed by atoms with Crippen molar-refractivity contribution >= 4 is 11.8 Å². The van der Waals surface area contributed by atoms with Crippen LogP contribution in [0.2, 0.25) is 0 Å². The minimum absolute atomic E-state index is 0.0794. The van der Waals surface area contributed by atoms with E-state index in [1.54, 1.807) is 48.5 Å². The molecule has 0 saturated heterocycles. The smallest absolute Gasteiger partial charge is 0.353 e. The molecule has 0 amide bonds. The van der Waals surface area contributed by atoms with Gasteiger partial charge in [0.25, 0.3) is 5.56 Å². The zero-order valence-corrected chi connectivity index (χ0v) is 13.5. The van der Waals surface area contributed by atoms with E-state index >= 15 is 0 Å². The number of ketones is 1. The van der Waals surface area contributed by atoms with Gasteiger partial charge in [0.15, 0.2) is 0 Å². The molecule has 3 rings (SSSR count). The van der Waals surface area contributed by atoms with Crippen molar-refractivity contribution in [1.29, 1.82) is 0 Å². The number of aromatic nitrogens is 2. The lowest BCUT2D eigenvalue weighted by Crippen LogP contribution is -2.41. The number of carboxylic acid groups (broad SMARTS) is 1. The molecule has 7 heteroatoms. The van der Waals surface area contributed by atoms with Gasteiger partial charge in [-0.3, -0.25) is 14.2 Å². The highest BCUT2D eigenvalue weighted by Gasteiger charge is 2.25. The summed E-state index contributed by atoms with van der Waals surface area (Å²) in [5.41, 5.74) is -2.28. The third-order valence-electron chi connectivity index (χ3n) is 3.85. The van der Waals surface area contributed by atoms with Crippen LogP contribution < -0.4 is 11.2 Å². The fourth-order valence-electron chi connectivity index (χ4n) is 2.59. The van der Waals surface area contributed by atoms with E-state index in [9.17, 15) is 24.3 Å². The number of hydrogen-bond donors (Lipinski definition) is 2. The van der Waals surface area contributed by atoms with Gasteiger partial charge in [0.2, 0.25) is 5.78 Å². The van der Waals surface area contributed by atoms with Crippen LogP contribution in [0.25, 0.3) is 0 Å². The number of aromatic amines is 1. The lowest BCUT2D eigenvalue weighted by molar-refractivity contribution is 0.0684. The van der Waals surface area contributed by atoms with Gasteiger partial charge in [-0.15, -0.1) is 0 Å². The number of carboxylic acids is 1. The van der Waals surface area contributed by atoms with Crippen molar-refractivity contribution in [2.24, 2.45) is 0 Å². The van der Waals surface area contributed by atoms with Crippen LogP contribution in [0.1, 0.15) is 32.0 Å². The Labute approximate surface area is 147 Å². The number of nitrogens with zero attached hydrogens (tertiary/aromatic N) is 1. The van der Waals surface area contributed by atoms with Gasteiger partial charge in [0, 0.05) is 5.56 Å². The Balaban J connectivity index is 2.20. The van der Waals surface area contributed by atoms with Crippen LogP contribution in [-0.2, 0) is 6.54 Å². The van der Waals surface area contributed by atoms with Crippen molar-refractivity contribution in [1.82, 2.24) is 9.55 Å². The summed E-state index contributed by atoms with van der Waals surface area (Å²) in [5.74, 6) is -2.31. The summed E-state index contributed by atoms with van der Waals surface area (Å²) in [6.45, 7) is -0.0794. The standard InChI is InChI=1S/C19H14N2O5/c22-16(13-9-5-2-6-10-13)14-15(18(24)25)20-19(26)21(17(14)23)11-12-7-3-1-4-8-12/h1-10H,11H2,(H,20,26)(H,24,25). The fourth-order valence-corrected chi connectivity index (χ4v) is 2.59. The Bertz CT molecular complexity index is 1080. The van der Waals surface area contributed by atoms with Crippen LogP contribution in [-0.4, -0.2) is 26.4 Å². The number of H-pyrrole nitrogens is 1. The van der Waals surface area contributed by atoms with Crippen molar-refractivity contribution in [3.8, 4) is 0 Å². The van der Waals surface area contributed by atoms with Crippen LogP contribution in [0.15, 0.2) is 70.3 Å². The third kappa shape index (κ3) is 3.23. The molecule has 1 heterocycles. The van der Waals surface area contributed by atoms with E-state index in [1.807, 2.05) is 0 Å². The van der Waals surface area contributed by atoms with E-state index in [4.69, 9.17) is 0 Å². The van der Waals surface area contributed by atoms with E-state index < -0.39 is 34.3 Å². The Kier molecular flexibility index (Phi) is 4.62. The van der Waals surface area contributed by atoms with Crippen molar-refractivity contribution in [3.05, 3.63) is 104 Å². The highest BCUT2D eigenvalue weighted by atomic mass is 16.4. The maximum absolute atomic E-state index is 12.8. The summed E-state index contributed by atoms with van der Waals surface area (Å²) >= 11 is 0. The number of carbonyl (C=O) groups is 2. The Morgan fingerprint density at radius 2 is 1.50 bits per heavy atom. The predicted octanol–water partition coefficient (Wildman–Crippen LogP) is 1.51. The minimum atomic E-state index is -1.55. The molecular formula is C19H14N2O5. The summed E-state index contributed by atoms with van der Waals surface area (Å²) in [4.78, 5) is 51.3. The summed E-state index contributed by atoms with van der Waals surface area (Å²) < 4.78 is 0.817. The normalized spacial score (nSPS) is 10.5. The van der Waals surface area contributed by atoms with Gasteiger partial charge in [0.1, 0.15) is 11.3 Å². The van der Waals surface area contributed by atoms with Crippen molar-refractivity contribution < 1.29 is 14.7 Å². The molecule has 0 saturated carbocycles. The first kappa shape index (κ1) is 17.1. The maximum Gasteiger partial charge on any atom is 0.353 e. The van der Waals surface area contributed by atoms with E-state index in [-0.39, 0.29) is 12.1 Å². The minimum Gasteiger partial charge on any atom is -0.477 e. The van der Waals surface area contributed by atoms with Gasteiger partial charge < -0.3 is 10.1 Å². The first-order valence-electron chi connectivity index (χ1n) is 7.73. The molecule has 0 spiro atoms.